The van der Waals surface area contributed by atoms with E-state index in [-0.39, 0.29) is 23.1 Å². The van der Waals surface area contributed by atoms with Gasteiger partial charge in [0.25, 0.3) is 0 Å². The molecule has 2 aromatic rings. The molecule has 1 aliphatic heterocycles. The number of esters is 2. The Morgan fingerprint density at radius 2 is 1.92 bits per heavy atom. The van der Waals surface area contributed by atoms with Crippen LogP contribution < -0.4 is 5.32 Å². The van der Waals surface area contributed by atoms with Gasteiger partial charge in [0.15, 0.2) is 10.8 Å². The zero-order chi connectivity index (χ0) is 28.3. The number of benzene rings is 1. The third-order valence-corrected chi connectivity index (χ3v) is 9.21. The fourth-order valence-corrected chi connectivity index (χ4v) is 6.93. The van der Waals surface area contributed by atoms with Crippen molar-refractivity contribution in [2.24, 2.45) is 10.9 Å². The number of rotatable bonds is 8. The molecule has 210 valence electrons. The number of ether oxygens (including phenoxy) is 2. The zero-order valence-electron chi connectivity index (χ0n) is 21.5. The van der Waals surface area contributed by atoms with E-state index in [1.54, 1.807) is 11.6 Å². The highest BCUT2D eigenvalue weighted by Crippen LogP contribution is 2.41. The molecule has 4 rings (SSSR count). The summed E-state index contributed by atoms with van der Waals surface area (Å²) in [6, 6.07) is 2.62. The molecule has 0 spiro atoms. The molecule has 39 heavy (non-hydrogen) atoms. The van der Waals surface area contributed by atoms with Crippen LogP contribution in [0.25, 0.3) is 0 Å². The van der Waals surface area contributed by atoms with Gasteiger partial charge in [0.05, 0.1) is 26.0 Å². The van der Waals surface area contributed by atoms with Crippen LogP contribution in [0.3, 0.4) is 0 Å². The maximum Gasteiger partial charge on any atom is 0.338 e. The van der Waals surface area contributed by atoms with Crippen molar-refractivity contribution in [2.75, 3.05) is 27.0 Å². The fraction of sp³-hybridized carbons (Fsp3) is 0.440. The highest BCUT2D eigenvalue weighted by atomic mass is 35.5. The maximum atomic E-state index is 13.9. The predicted octanol–water partition coefficient (Wildman–Crippen LogP) is 3.45. The Bertz CT molecular complexity index is 1410. The molecule has 0 amide bonds. The van der Waals surface area contributed by atoms with E-state index in [1.165, 1.54) is 48.1 Å². The third kappa shape index (κ3) is 6.48. The molecule has 2 heterocycles. The Balaban J connectivity index is 1.72. The highest BCUT2D eigenvalue weighted by molar-refractivity contribution is 7.88. The number of aromatic nitrogens is 1. The van der Waals surface area contributed by atoms with Crippen LogP contribution >= 0.6 is 22.9 Å². The molecule has 1 atom stereocenters. The van der Waals surface area contributed by atoms with E-state index in [0.29, 0.717) is 47.8 Å². The van der Waals surface area contributed by atoms with Gasteiger partial charge in [-0.1, -0.05) is 17.7 Å². The van der Waals surface area contributed by atoms with Crippen molar-refractivity contribution in [3.05, 3.63) is 62.5 Å². The van der Waals surface area contributed by atoms with Crippen LogP contribution in [0.2, 0.25) is 5.02 Å². The molecule has 0 radical (unpaired) electrons. The number of aliphatic imine (C=N–C) groups is 1. The zero-order valence-corrected chi connectivity index (χ0v) is 23.9. The number of nitrogens with zero attached hydrogens (tertiary/aromatic N) is 3. The summed E-state index contributed by atoms with van der Waals surface area (Å²) < 4.78 is 49.8. The van der Waals surface area contributed by atoms with Crippen molar-refractivity contribution in [1.82, 2.24) is 14.6 Å². The molecule has 10 nitrogen and oxygen atoms in total. The van der Waals surface area contributed by atoms with E-state index in [1.807, 2.05) is 0 Å². The van der Waals surface area contributed by atoms with Gasteiger partial charge in [0.1, 0.15) is 18.4 Å². The van der Waals surface area contributed by atoms with Gasteiger partial charge in [0.2, 0.25) is 10.0 Å². The lowest BCUT2D eigenvalue weighted by molar-refractivity contribution is -0.141. The second-order valence-corrected chi connectivity index (χ2v) is 12.5. The summed E-state index contributed by atoms with van der Waals surface area (Å²) in [5.74, 6) is -1.54. The van der Waals surface area contributed by atoms with E-state index < -0.39 is 39.9 Å². The van der Waals surface area contributed by atoms with Crippen LogP contribution in [0.4, 0.5) is 4.39 Å². The third-order valence-electron chi connectivity index (χ3n) is 6.82. The van der Waals surface area contributed by atoms with Crippen molar-refractivity contribution in [2.45, 2.75) is 37.8 Å². The molecule has 0 bridgehead atoms. The topological polar surface area (TPSA) is 127 Å². The molecule has 1 N–H and O–H groups in total. The average Bonchev–Trinajstić information content (AvgIpc) is 3.45. The Morgan fingerprint density at radius 3 is 2.49 bits per heavy atom. The Labute approximate surface area is 234 Å². The summed E-state index contributed by atoms with van der Waals surface area (Å²) in [4.78, 5) is 34.2. The number of hydrogen-bond donors (Lipinski definition) is 1. The maximum absolute atomic E-state index is 13.9. The summed E-state index contributed by atoms with van der Waals surface area (Å²) in [6.07, 6.45) is 4.61. The molecule has 1 fully saturated rings. The monoisotopic (exact) mass is 598 g/mol. The summed E-state index contributed by atoms with van der Waals surface area (Å²) >= 11 is 7.77. The van der Waals surface area contributed by atoms with E-state index in [4.69, 9.17) is 21.3 Å². The van der Waals surface area contributed by atoms with Gasteiger partial charge in [-0.2, -0.15) is 4.31 Å². The largest absolute Gasteiger partial charge is 0.468 e. The van der Waals surface area contributed by atoms with Crippen molar-refractivity contribution >= 4 is 50.7 Å². The minimum Gasteiger partial charge on any atom is -0.468 e. The number of halogens is 2. The van der Waals surface area contributed by atoms with Crippen molar-refractivity contribution in [1.29, 1.82) is 0 Å². The van der Waals surface area contributed by atoms with Gasteiger partial charge in [-0.05, 0) is 43.7 Å². The standard InChI is InChI=1S/C25H28ClFN4O6S2/c1-36-19(32)13-31(39(3,34)35)16-7-4-14(5-8-16)21-20(25(33)37-2)22(17-9-6-15(27)12-18(17)26)30-23(29-21)24-28-10-11-38-24/h6,9-12,14,16,22H,4-5,7-8,13H2,1-3H3,(H,29,30)/t14-,16+,22?. The van der Waals surface area contributed by atoms with Crippen LogP contribution in [0.1, 0.15) is 42.3 Å². The molecule has 14 heteroatoms. The number of hydrogen-bond acceptors (Lipinski definition) is 10. The lowest BCUT2D eigenvalue weighted by Crippen LogP contribution is -2.46. The lowest BCUT2D eigenvalue weighted by Gasteiger charge is -2.38. The number of methoxy groups -OCH3 is 2. The fourth-order valence-electron chi connectivity index (χ4n) is 4.98. The lowest BCUT2D eigenvalue weighted by atomic mass is 9.80. The number of carbonyl (C=O) groups excluding carboxylic acids is 2. The molecular formula is C25H28ClFN4O6S2. The molecule has 1 unspecified atom stereocenters. The van der Waals surface area contributed by atoms with Crippen molar-refractivity contribution in [3.63, 3.8) is 0 Å². The van der Waals surface area contributed by atoms with Crippen LogP contribution in [-0.2, 0) is 29.1 Å². The first kappa shape index (κ1) is 29.1. The molecule has 1 aliphatic carbocycles. The number of carbonyl (C=O) groups is 2. The normalized spacial score (nSPS) is 21.8. The smallest absolute Gasteiger partial charge is 0.338 e. The first-order chi connectivity index (χ1) is 18.5. The molecule has 0 saturated heterocycles. The van der Waals surface area contributed by atoms with Gasteiger partial charge in [-0.3, -0.25) is 9.79 Å². The van der Waals surface area contributed by atoms with Crippen LogP contribution in [0.5, 0.6) is 0 Å². The van der Waals surface area contributed by atoms with Gasteiger partial charge < -0.3 is 14.8 Å². The first-order valence-corrected chi connectivity index (χ1v) is 15.2. The molecule has 1 aromatic heterocycles. The number of amidine groups is 1. The second-order valence-electron chi connectivity index (χ2n) is 9.22. The van der Waals surface area contributed by atoms with E-state index in [2.05, 4.69) is 15.0 Å². The number of sulfonamides is 1. The predicted molar refractivity (Wildman–Crippen MR) is 144 cm³/mol. The van der Waals surface area contributed by atoms with Gasteiger partial charge in [-0.25, -0.2) is 22.6 Å². The van der Waals surface area contributed by atoms with Gasteiger partial charge in [-0.15, -0.1) is 11.3 Å². The van der Waals surface area contributed by atoms with Crippen molar-refractivity contribution in [3.8, 4) is 0 Å². The Hall–Kier alpha value is -2.87. The molecule has 2 aliphatic rings. The van der Waals surface area contributed by atoms with Crippen molar-refractivity contribution < 1.29 is 31.9 Å². The second kappa shape index (κ2) is 12.1. The Kier molecular flexibility index (Phi) is 9.04. The Morgan fingerprint density at radius 1 is 1.21 bits per heavy atom. The average molecular weight is 599 g/mol. The van der Waals surface area contributed by atoms with E-state index in [9.17, 15) is 22.4 Å². The van der Waals surface area contributed by atoms with Gasteiger partial charge in [0, 0.05) is 33.9 Å². The van der Waals surface area contributed by atoms with E-state index in [0.717, 1.165) is 6.26 Å². The minimum atomic E-state index is -3.67. The summed E-state index contributed by atoms with van der Waals surface area (Å²) in [6.45, 7) is -0.370. The van der Waals surface area contributed by atoms with Crippen LogP contribution in [0.15, 0.2) is 46.0 Å². The van der Waals surface area contributed by atoms with Gasteiger partial charge >= 0.3 is 11.9 Å². The number of allylic oxidation sites excluding steroid dienone is 1. The van der Waals surface area contributed by atoms with E-state index >= 15 is 0 Å². The SMILES string of the molecule is COC(=O)CN([C@H]1CC[C@@H](C2=C(C(=O)OC)C(c3ccc(F)cc3Cl)N=C(c3nccs3)N2)CC1)S(C)(=O)=O. The highest BCUT2D eigenvalue weighted by Gasteiger charge is 2.39. The quantitative estimate of drug-likeness (QED) is 0.458. The molecular weight excluding hydrogens is 571 g/mol. The summed E-state index contributed by atoms with van der Waals surface area (Å²) in [5.41, 5.74) is 1.25. The number of nitrogens with one attached hydrogen (secondary N) is 1. The summed E-state index contributed by atoms with van der Waals surface area (Å²) in [5, 5.41) is 5.79. The van der Waals surface area contributed by atoms with Crippen LogP contribution in [0, 0.1) is 11.7 Å². The number of thiazole rings is 1. The first-order valence-electron chi connectivity index (χ1n) is 12.1. The molecule has 1 saturated carbocycles. The van der Waals surface area contributed by atoms with Crippen LogP contribution in [-0.4, -0.2) is 68.5 Å². The molecule has 1 aromatic carbocycles. The summed E-state index contributed by atoms with van der Waals surface area (Å²) in [7, 11) is -1.20. The minimum absolute atomic E-state index is 0.111.